The molecule has 0 saturated carbocycles. The quantitative estimate of drug-likeness (QED) is 0.744. The summed E-state index contributed by atoms with van der Waals surface area (Å²) in [4.78, 5) is 17.2. The lowest BCUT2D eigenvalue weighted by molar-refractivity contribution is -0.136. The van der Waals surface area contributed by atoms with Gasteiger partial charge in [-0.3, -0.25) is 9.69 Å². The topological polar surface area (TPSA) is 35.6 Å². The second-order valence-electron chi connectivity index (χ2n) is 6.17. The number of piperidine rings is 1. The number of fused-ring (bicyclic) bond motifs is 2. The summed E-state index contributed by atoms with van der Waals surface area (Å²) < 4.78 is 0. The van der Waals surface area contributed by atoms with Crippen LogP contribution in [0.15, 0.2) is 0 Å². The van der Waals surface area contributed by atoms with E-state index in [1.54, 1.807) is 0 Å². The van der Waals surface area contributed by atoms with Crippen LogP contribution in [-0.2, 0) is 4.79 Å². The van der Waals surface area contributed by atoms with Crippen LogP contribution in [0.25, 0.3) is 0 Å². The van der Waals surface area contributed by atoms with E-state index in [0.717, 1.165) is 45.1 Å². The van der Waals surface area contributed by atoms with Gasteiger partial charge in [0.1, 0.15) is 0 Å². The number of carbonyl (C=O) groups is 1. The minimum absolute atomic E-state index is 0.237. The highest BCUT2D eigenvalue weighted by Crippen LogP contribution is 2.29. The van der Waals surface area contributed by atoms with E-state index in [1.807, 2.05) is 0 Å². The van der Waals surface area contributed by atoms with Crippen molar-refractivity contribution in [1.82, 2.24) is 15.1 Å². The van der Waals surface area contributed by atoms with E-state index in [1.165, 1.54) is 19.3 Å². The lowest BCUT2D eigenvalue weighted by Crippen LogP contribution is -2.46. The first-order valence-electron chi connectivity index (χ1n) is 7.47. The highest BCUT2D eigenvalue weighted by Gasteiger charge is 2.37. The molecule has 3 fully saturated rings. The van der Waals surface area contributed by atoms with Gasteiger partial charge in [-0.1, -0.05) is 0 Å². The minimum Gasteiger partial charge on any atom is -0.341 e. The predicted octanol–water partition coefficient (Wildman–Crippen LogP) is 0.681. The molecule has 3 heterocycles. The molecule has 0 aromatic rings. The van der Waals surface area contributed by atoms with Crippen LogP contribution in [0.2, 0.25) is 0 Å². The molecule has 102 valence electrons. The molecule has 3 atom stereocenters. The zero-order valence-electron chi connectivity index (χ0n) is 11.4. The Hall–Kier alpha value is -0.610. The molecular formula is C14H25N3O. The Kier molecular flexibility index (Phi) is 3.57. The molecule has 0 aromatic carbocycles. The van der Waals surface area contributed by atoms with Crippen molar-refractivity contribution < 1.29 is 4.79 Å². The van der Waals surface area contributed by atoms with E-state index < -0.39 is 0 Å². The van der Waals surface area contributed by atoms with Crippen LogP contribution < -0.4 is 5.32 Å². The average Bonchev–Trinajstić information content (AvgIpc) is 2.64. The Morgan fingerprint density at radius 3 is 2.78 bits per heavy atom. The molecule has 0 spiro atoms. The summed E-state index contributed by atoms with van der Waals surface area (Å²) in [6.45, 7) is 3.90. The average molecular weight is 251 g/mol. The molecule has 2 unspecified atom stereocenters. The minimum atomic E-state index is 0.237. The Balaban J connectivity index is 1.63. The summed E-state index contributed by atoms with van der Waals surface area (Å²) in [5.74, 6) is 0.642. The normalized spacial score (nSPS) is 37.6. The second kappa shape index (κ2) is 5.17. The number of hydrogen-bond acceptors (Lipinski definition) is 3. The summed E-state index contributed by atoms with van der Waals surface area (Å²) >= 11 is 0. The molecule has 4 nitrogen and oxygen atoms in total. The van der Waals surface area contributed by atoms with Crippen molar-refractivity contribution in [3.63, 3.8) is 0 Å². The number of likely N-dealkylation sites (N-methyl/N-ethyl adjacent to an activating group) is 1. The SMILES string of the molecule is CN1C2CCC1CN(C(=O)[C@H]1CCCNC1)CC2. The lowest BCUT2D eigenvalue weighted by Gasteiger charge is -2.31. The molecule has 2 bridgehead atoms. The van der Waals surface area contributed by atoms with E-state index in [9.17, 15) is 4.79 Å². The van der Waals surface area contributed by atoms with Gasteiger partial charge in [-0.2, -0.15) is 0 Å². The van der Waals surface area contributed by atoms with Crippen LogP contribution in [0.1, 0.15) is 32.1 Å². The third kappa shape index (κ3) is 2.28. The van der Waals surface area contributed by atoms with Crippen LogP contribution >= 0.6 is 0 Å². The van der Waals surface area contributed by atoms with Gasteiger partial charge < -0.3 is 10.2 Å². The van der Waals surface area contributed by atoms with Crippen molar-refractivity contribution in [1.29, 1.82) is 0 Å². The van der Waals surface area contributed by atoms with Gasteiger partial charge in [-0.15, -0.1) is 0 Å². The van der Waals surface area contributed by atoms with Crippen LogP contribution in [0.5, 0.6) is 0 Å². The van der Waals surface area contributed by atoms with E-state index in [-0.39, 0.29) is 5.92 Å². The fraction of sp³-hybridized carbons (Fsp3) is 0.929. The first-order chi connectivity index (χ1) is 8.75. The van der Waals surface area contributed by atoms with E-state index in [2.05, 4.69) is 22.2 Å². The van der Waals surface area contributed by atoms with Crippen molar-refractivity contribution >= 4 is 5.91 Å². The Morgan fingerprint density at radius 2 is 2.00 bits per heavy atom. The zero-order valence-corrected chi connectivity index (χ0v) is 11.4. The number of nitrogens with one attached hydrogen (secondary N) is 1. The molecule has 1 N–H and O–H groups in total. The molecule has 0 aliphatic carbocycles. The Labute approximate surface area is 110 Å². The number of likely N-dealkylation sites (tertiary alicyclic amines) is 1. The molecule has 18 heavy (non-hydrogen) atoms. The standard InChI is InChI=1S/C14H25N3O/c1-16-12-4-5-13(16)10-17(8-6-12)14(18)11-3-2-7-15-9-11/h11-13,15H,2-10H2,1H3/t11-,12?,13?/m0/s1. The van der Waals surface area contributed by atoms with Gasteiger partial charge in [-0.05, 0) is 45.7 Å². The number of hydrogen-bond donors (Lipinski definition) is 1. The molecular weight excluding hydrogens is 226 g/mol. The molecule has 4 heteroatoms. The number of amides is 1. The number of rotatable bonds is 1. The summed E-state index contributed by atoms with van der Waals surface area (Å²) in [6.07, 6.45) is 5.99. The van der Waals surface area contributed by atoms with Crippen LogP contribution in [0.4, 0.5) is 0 Å². The van der Waals surface area contributed by atoms with Crippen molar-refractivity contribution in [2.24, 2.45) is 5.92 Å². The fourth-order valence-electron chi connectivity index (χ4n) is 3.83. The van der Waals surface area contributed by atoms with E-state index in [4.69, 9.17) is 0 Å². The fourth-order valence-corrected chi connectivity index (χ4v) is 3.83. The molecule has 0 aromatic heterocycles. The lowest BCUT2D eigenvalue weighted by atomic mass is 9.97. The molecule has 3 aliphatic heterocycles. The van der Waals surface area contributed by atoms with Crippen LogP contribution in [0.3, 0.4) is 0 Å². The smallest absolute Gasteiger partial charge is 0.227 e. The zero-order chi connectivity index (χ0) is 12.5. The summed E-state index contributed by atoms with van der Waals surface area (Å²) in [5, 5.41) is 3.36. The number of carbonyl (C=O) groups excluding carboxylic acids is 1. The van der Waals surface area contributed by atoms with E-state index in [0.29, 0.717) is 11.9 Å². The molecule has 3 saturated heterocycles. The summed E-state index contributed by atoms with van der Waals surface area (Å²) in [5.41, 5.74) is 0. The second-order valence-corrected chi connectivity index (χ2v) is 6.17. The highest BCUT2D eigenvalue weighted by molar-refractivity contribution is 5.79. The molecule has 1 amide bonds. The number of nitrogens with zero attached hydrogens (tertiary/aromatic N) is 2. The maximum absolute atomic E-state index is 12.6. The third-order valence-electron chi connectivity index (χ3n) is 5.11. The van der Waals surface area contributed by atoms with Crippen LogP contribution in [0, 0.1) is 5.92 Å². The van der Waals surface area contributed by atoms with Crippen molar-refractivity contribution in [2.75, 3.05) is 33.2 Å². The van der Waals surface area contributed by atoms with Crippen molar-refractivity contribution in [3.8, 4) is 0 Å². The summed E-state index contributed by atoms with van der Waals surface area (Å²) in [7, 11) is 2.23. The van der Waals surface area contributed by atoms with Gasteiger partial charge >= 0.3 is 0 Å². The largest absolute Gasteiger partial charge is 0.341 e. The Morgan fingerprint density at radius 1 is 1.17 bits per heavy atom. The Bertz CT molecular complexity index is 314. The van der Waals surface area contributed by atoms with Gasteiger partial charge in [0.25, 0.3) is 0 Å². The van der Waals surface area contributed by atoms with Crippen molar-refractivity contribution in [3.05, 3.63) is 0 Å². The molecule has 0 radical (unpaired) electrons. The van der Waals surface area contributed by atoms with E-state index >= 15 is 0 Å². The van der Waals surface area contributed by atoms with Gasteiger partial charge in [0, 0.05) is 31.7 Å². The maximum atomic E-state index is 12.6. The first-order valence-corrected chi connectivity index (χ1v) is 7.47. The van der Waals surface area contributed by atoms with Crippen LogP contribution in [-0.4, -0.2) is 61.0 Å². The van der Waals surface area contributed by atoms with Gasteiger partial charge in [0.2, 0.25) is 5.91 Å². The predicted molar refractivity (Wildman–Crippen MR) is 71.4 cm³/mol. The van der Waals surface area contributed by atoms with Gasteiger partial charge in [0.05, 0.1) is 5.92 Å². The third-order valence-corrected chi connectivity index (χ3v) is 5.11. The molecule has 3 aliphatic rings. The maximum Gasteiger partial charge on any atom is 0.227 e. The summed E-state index contributed by atoms with van der Waals surface area (Å²) in [6, 6.07) is 1.33. The van der Waals surface area contributed by atoms with Gasteiger partial charge in [0.15, 0.2) is 0 Å². The highest BCUT2D eigenvalue weighted by atomic mass is 16.2. The monoisotopic (exact) mass is 251 g/mol. The first kappa shape index (κ1) is 12.4. The molecule has 3 rings (SSSR count). The van der Waals surface area contributed by atoms with Gasteiger partial charge in [-0.25, -0.2) is 0 Å². The van der Waals surface area contributed by atoms with Crippen molar-refractivity contribution in [2.45, 2.75) is 44.2 Å².